The third kappa shape index (κ3) is 8.07. The molecule has 0 heterocycles. The summed E-state index contributed by atoms with van der Waals surface area (Å²) in [6.45, 7) is 8.59. The Morgan fingerprint density at radius 1 is 0.951 bits per heavy atom. The molecular formula is C31H38FN3O5S. The van der Waals surface area contributed by atoms with Crippen molar-refractivity contribution in [1.82, 2.24) is 10.2 Å². The minimum atomic E-state index is -4.20. The highest BCUT2D eigenvalue weighted by molar-refractivity contribution is 7.92. The zero-order valence-electron chi connectivity index (χ0n) is 24.1. The molecule has 1 N–H and O–H groups in total. The lowest BCUT2D eigenvalue weighted by Crippen LogP contribution is -2.52. The second kappa shape index (κ2) is 14.1. The first kappa shape index (κ1) is 31.6. The minimum absolute atomic E-state index is 0.00741. The number of sulfonamides is 1. The van der Waals surface area contributed by atoms with E-state index in [1.54, 1.807) is 49.4 Å². The van der Waals surface area contributed by atoms with E-state index in [2.05, 4.69) is 5.32 Å². The van der Waals surface area contributed by atoms with Crippen LogP contribution in [0.1, 0.15) is 45.2 Å². The first-order valence-corrected chi connectivity index (χ1v) is 15.1. The van der Waals surface area contributed by atoms with Crippen molar-refractivity contribution in [3.63, 3.8) is 0 Å². The second-order valence-corrected chi connectivity index (χ2v) is 11.7. The predicted octanol–water partition coefficient (Wildman–Crippen LogP) is 5.06. The highest BCUT2D eigenvalue weighted by Crippen LogP contribution is 2.27. The Kier molecular flexibility index (Phi) is 10.9. The minimum Gasteiger partial charge on any atom is -0.494 e. The van der Waals surface area contributed by atoms with E-state index in [-0.39, 0.29) is 28.7 Å². The SMILES string of the molecule is CCOc1ccc(N(CC(=O)N(Cc2ccccc2F)[C@@H](C)C(=O)N[C@H](C)CC)S(=O)(=O)c2ccc(C)cc2)cc1. The van der Waals surface area contributed by atoms with Gasteiger partial charge in [-0.05, 0) is 76.6 Å². The summed E-state index contributed by atoms with van der Waals surface area (Å²) in [6, 6.07) is 17.5. The average Bonchev–Trinajstić information content (AvgIpc) is 2.95. The fourth-order valence-corrected chi connectivity index (χ4v) is 5.51. The first-order valence-electron chi connectivity index (χ1n) is 13.6. The topological polar surface area (TPSA) is 96.0 Å². The number of ether oxygens (including phenoxy) is 1. The molecule has 0 radical (unpaired) electrons. The molecular weight excluding hydrogens is 545 g/mol. The summed E-state index contributed by atoms with van der Waals surface area (Å²) in [4.78, 5) is 28.3. The summed E-state index contributed by atoms with van der Waals surface area (Å²) >= 11 is 0. The molecule has 3 rings (SSSR count). The van der Waals surface area contributed by atoms with Crippen LogP contribution in [0.2, 0.25) is 0 Å². The maximum atomic E-state index is 14.7. The van der Waals surface area contributed by atoms with Gasteiger partial charge in [-0.25, -0.2) is 12.8 Å². The molecule has 0 bridgehead atoms. The van der Waals surface area contributed by atoms with E-state index in [1.165, 1.54) is 35.2 Å². The molecule has 0 aliphatic heterocycles. The van der Waals surface area contributed by atoms with Crippen molar-refractivity contribution in [3.05, 3.63) is 89.7 Å². The van der Waals surface area contributed by atoms with Crippen LogP contribution in [0.3, 0.4) is 0 Å². The van der Waals surface area contributed by atoms with Gasteiger partial charge in [0.25, 0.3) is 10.0 Å². The van der Waals surface area contributed by atoms with Crippen LogP contribution in [0.25, 0.3) is 0 Å². The molecule has 3 aromatic carbocycles. The van der Waals surface area contributed by atoms with Crippen LogP contribution in [-0.2, 0) is 26.2 Å². The number of aryl methyl sites for hydroxylation is 1. The number of rotatable bonds is 13. The van der Waals surface area contributed by atoms with Crippen molar-refractivity contribution < 1.29 is 27.1 Å². The van der Waals surface area contributed by atoms with Crippen LogP contribution < -0.4 is 14.4 Å². The van der Waals surface area contributed by atoms with E-state index in [0.29, 0.717) is 18.8 Å². The van der Waals surface area contributed by atoms with Gasteiger partial charge in [-0.1, -0.05) is 42.8 Å². The van der Waals surface area contributed by atoms with Gasteiger partial charge in [-0.2, -0.15) is 0 Å². The quantitative estimate of drug-likeness (QED) is 0.304. The Bertz CT molecular complexity index is 1430. The molecule has 0 aliphatic rings. The number of nitrogens with one attached hydrogen (secondary N) is 1. The molecule has 0 fully saturated rings. The first-order chi connectivity index (χ1) is 19.5. The van der Waals surface area contributed by atoms with Crippen molar-refractivity contribution >= 4 is 27.5 Å². The van der Waals surface area contributed by atoms with Crippen molar-refractivity contribution in [2.75, 3.05) is 17.5 Å². The third-order valence-corrected chi connectivity index (χ3v) is 8.58. The van der Waals surface area contributed by atoms with Gasteiger partial charge in [0.1, 0.15) is 24.2 Å². The molecule has 0 aliphatic carbocycles. The Morgan fingerprint density at radius 3 is 2.17 bits per heavy atom. The largest absolute Gasteiger partial charge is 0.494 e. The molecule has 8 nitrogen and oxygen atoms in total. The lowest BCUT2D eigenvalue weighted by molar-refractivity contribution is -0.139. The Balaban J connectivity index is 2.04. The molecule has 41 heavy (non-hydrogen) atoms. The molecule has 2 atom stereocenters. The van der Waals surface area contributed by atoms with E-state index in [1.807, 2.05) is 27.7 Å². The van der Waals surface area contributed by atoms with Crippen molar-refractivity contribution in [3.8, 4) is 5.75 Å². The summed E-state index contributed by atoms with van der Waals surface area (Å²) in [7, 11) is -4.20. The monoisotopic (exact) mass is 583 g/mol. The Morgan fingerprint density at radius 2 is 1.59 bits per heavy atom. The smallest absolute Gasteiger partial charge is 0.264 e. The van der Waals surface area contributed by atoms with Crippen molar-refractivity contribution in [1.29, 1.82) is 0 Å². The number of amides is 2. The fourth-order valence-electron chi connectivity index (χ4n) is 4.10. The average molecular weight is 584 g/mol. The van der Waals surface area contributed by atoms with Gasteiger partial charge >= 0.3 is 0 Å². The molecule has 10 heteroatoms. The van der Waals surface area contributed by atoms with E-state index in [0.717, 1.165) is 9.87 Å². The van der Waals surface area contributed by atoms with Gasteiger partial charge in [0.15, 0.2) is 0 Å². The Labute approximate surface area is 242 Å². The summed E-state index contributed by atoms with van der Waals surface area (Å²) in [5.74, 6) is -1.06. The third-order valence-electron chi connectivity index (χ3n) is 6.79. The van der Waals surface area contributed by atoms with Gasteiger partial charge < -0.3 is 15.0 Å². The number of hydrogen-bond donors (Lipinski definition) is 1. The predicted molar refractivity (Wildman–Crippen MR) is 158 cm³/mol. The van der Waals surface area contributed by atoms with Crippen molar-refractivity contribution in [2.24, 2.45) is 0 Å². The van der Waals surface area contributed by atoms with Crippen LogP contribution in [-0.4, -0.2) is 50.4 Å². The zero-order valence-corrected chi connectivity index (χ0v) is 24.9. The van der Waals surface area contributed by atoms with E-state index in [4.69, 9.17) is 4.74 Å². The van der Waals surface area contributed by atoms with Gasteiger partial charge in [0.2, 0.25) is 11.8 Å². The molecule has 0 aromatic heterocycles. The van der Waals surface area contributed by atoms with Crippen LogP contribution in [0.4, 0.5) is 10.1 Å². The molecule has 0 spiro atoms. The molecule has 2 amide bonds. The van der Waals surface area contributed by atoms with Crippen LogP contribution in [0.5, 0.6) is 5.75 Å². The lowest BCUT2D eigenvalue weighted by atomic mass is 10.1. The normalized spacial score (nSPS) is 12.7. The summed E-state index contributed by atoms with van der Waals surface area (Å²) in [5, 5.41) is 2.86. The van der Waals surface area contributed by atoms with E-state index in [9.17, 15) is 22.4 Å². The van der Waals surface area contributed by atoms with Crippen LogP contribution in [0.15, 0.2) is 77.7 Å². The zero-order chi connectivity index (χ0) is 30.2. The fraction of sp³-hybridized carbons (Fsp3) is 0.355. The number of halogens is 1. The number of benzene rings is 3. The molecule has 3 aromatic rings. The van der Waals surface area contributed by atoms with Crippen molar-refractivity contribution in [2.45, 2.75) is 64.6 Å². The van der Waals surface area contributed by atoms with E-state index >= 15 is 0 Å². The summed E-state index contributed by atoms with van der Waals surface area (Å²) in [5.41, 5.74) is 1.33. The number of hydrogen-bond acceptors (Lipinski definition) is 5. The maximum absolute atomic E-state index is 14.7. The number of carbonyl (C=O) groups is 2. The van der Waals surface area contributed by atoms with Gasteiger partial charge in [-0.15, -0.1) is 0 Å². The van der Waals surface area contributed by atoms with Crippen LogP contribution >= 0.6 is 0 Å². The second-order valence-electron chi connectivity index (χ2n) is 9.86. The highest BCUT2D eigenvalue weighted by Gasteiger charge is 2.33. The van der Waals surface area contributed by atoms with Gasteiger partial charge in [-0.3, -0.25) is 13.9 Å². The standard InChI is InChI=1S/C31H38FN3O5S/c1-6-23(4)33-31(37)24(5)34(20-25-10-8-9-11-29(25)32)30(36)21-35(26-14-16-27(17-15-26)40-7-2)41(38,39)28-18-12-22(3)13-19-28/h8-19,23-24H,6-7,20-21H2,1-5H3,(H,33,37)/t23-,24+/m1/s1. The van der Waals surface area contributed by atoms with E-state index < -0.39 is 40.2 Å². The summed E-state index contributed by atoms with van der Waals surface area (Å²) in [6.07, 6.45) is 0.681. The maximum Gasteiger partial charge on any atom is 0.264 e. The number of anilines is 1. The van der Waals surface area contributed by atoms with Gasteiger partial charge in [0, 0.05) is 18.2 Å². The highest BCUT2D eigenvalue weighted by atomic mass is 32.2. The molecule has 0 saturated heterocycles. The molecule has 0 saturated carbocycles. The lowest BCUT2D eigenvalue weighted by Gasteiger charge is -2.32. The molecule has 220 valence electrons. The van der Waals surface area contributed by atoms with Gasteiger partial charge in [0.05, 0.1) is 17.2 Å². The molecule has 0 unspecified atom stereocenters. The number of carbonyl (C=O) groups excluding carboxylic acids is 2. The summed E-state index contributed by atoms with van der Waals surface area (Å²) < 4.78 is 49.0. The van der Waals surface area contributed by atoms with Crippen LogP contribution in [0, 0.1) is 12.7 Å². The Hall–Kier alpha value is -3.92. The number of nitrogens with zero attached hydrogens (tertiary/aromatic N) is 2.